The van der Waals surface area contributed by atoms with E-state index < -0.39 is 0 Å². The van der Waals surface area contributed by atoms with E-state index in [2.05, 4.69) is 11.1 Å². The van der Waals surface area contributed by atoms with Crippen molar-refractivity contribution >= 4 is 34.1 Å². The van der Waals surface area contributed by atoms with Gasteiger partial charge in [0.15, 0.2) is 0 Å². The van der Waals surface area contributed by atoms with Crippen molar-refractivity contribution in [1.29, 1.82) is 0 Å². The van der Waals surface area contributed by atoms with Crippen LogP contribution in [-0.2, 0) is 29.0 Å². The third kappa shape index (κ3) is 6.57. The molecule has 0 radical (unpaired) electrons. The Kier molecular flexibility index (Phi) is 8.32. The molecule has 4 rings (SSSR count). The number of H-pyrrole nitrogens is 1. The Morgan fingerprint density at radius 3 is 2.49 bits per heavy atom. The Balaban J connectivity index is 1.49. The van der Waals surface area contributed by atoms with Crippen LogP contribution in [0.2, 0.25) is 0 Å². The van der Waals surface area contributed by atoms with Crippen molar-refractivity contribution in [3.63, 3.8) is 0 Å². The quantitative estimate of drug-likeness (QED) is 0.305. The number of amides is 2. The highest BCUT2D eigenvalue weighted by Crippen LogP contribution is 2.19. The lowest BCUT2D eigenvalue weighted by Gasteiger charge is -2.28. The number of rotatable bonds is 11. The minimum Gasteiger partial charge on any atom is -0.361 e. The summed E-state index contributed by atoms with van der Waals surface area (Å²) >= 11 is 1.55. The molecule has 2 amide bonds. The van der Waals surface area contributed by atoms with E-state index in [4.69, 9.17) is 0 Å². The van der Waals surface area contributed by atoms with E-state index in [1.807, 2.05) is 48.8 Å². The minimum absolute atomic E-state index is 0.0348. The van der Waals surface area contributed by atoms with Crippen LogP contribution in [-0.4, -0.2) is 46.2 Å². The van der Waals surface area contributed by atoms with Crippen LogP contribution in [0.5, 0.6) is 0 Å². The summed E-state index contributed by atoms with van der Waals surface area (Å²) in [7, 11) is 0. The van der Waals surface area contributed by atoms with Gasteiger partial charge < -0.3 is 14.8 Å². The van der Waals surface area contributed by atoms with Crippen LogP contribution in [0, 0.1) is 5.82 Å². The average Bonchev–Trinajstić information content (AvgIpc) is 3.52. The second-order valence-electron chi connectivity index (χ2n) is 8.62. The molecular formula is C28H30FN3O2S. The summed E-state index contributed by atoms with van der Waals surface area (Å²) in [5.74, 6) is -0.457. The first-order chi connectivity index (χ1) is 17.0. The van der Waals surface area contributed by atoms with E-state index in [-0.39, 0.29) is 24.2 Å². The second-order valence-corrected chi connectivity index (χ2v) is 9.65. The van der Waals surface area contributed by atoms with Gasteiger partial charge in [-0.1, -0.05) is 43.3 Å². The van der Waals surface area contributed by atoms with Crippen LogP contribution in [0.3, 0.4) is 0 Å². The van der Waals surface area contributed by atoms with E-state index in [1.54, 1.807) is 33.3 Å². The first-order valence-corrected chi connectivity index (χ1v) is 12.8. The van der Waals surface area contributed by atoms with E-state index in [1.165, 1.54) is 12.1 Å². The molecule has 0 saturated carbocycles. The predicted molar refractivity (Wildman–Crippen MR) is 139 cm³/mol. The van der Waals surface area contributed by atoms with E-state index in [0.717, 1.165) is 33.3 Å². The summed E-state index contributed by atoms with van der Waals surface area (Å²) in [6.45, 7) is 3.43. The number of halogens is 1. The van der Waals surface area contributed by atoms with E-state index >= 15 is 0 Å². The molecule has 5 nitrogen and oxygen atoms in total. The van der Waals surface area contributed by atoms with Gasteiger partial charge in [-0.05, 0) is 53.6 Å². The summed E-state index contributed by atoms with van der Waals surface area (Å²) in [5, 5.41) is 3.09. The van der Waals surface area contributed by atoms with Gasteiger partial charge in [0, 0.05) is 41.6 Å². The third-order valence-corrected chi connectivity index (χ3v) is 6.92. The highest BCUT2D eigenvalue weighted by molar-refractivity contribution is 7.10. The lowest BCUT2D eigenvalue weighted by atomic mass is 10.1. The molecule has 7 heteroatoms. The molecule has 0 aliphatic carbocycles. The van der Waals surface area contributed by atoms with Crippen molar-refractivity contribution < 1.29 is 14.0 Å². The second kappa shape index (κ2) is 11.8. The van der Waals surface area contributed by atoms with Gasteiger partial charge in [-0.15, -0.1) is 11.3 Å². The summed E-state index contributed by atoms with van der Waals surface area (Å²) in [5.41, 5.74) is 3.05. The number of thiophene rings is 1. The summed E-state index contributed by atoms with van der Waals surface area (Å²) in [6, 6.07) is 18.2. The molecule has 1 N–H and O–H groups in total. The number of fused-ring (bicyclic) bond motifs is 1. The van der Waals surface area contributed by atoms with E-state index in [0.29, 0.717) is 32.5 Å². The number of nitrogens with zero attached hydrogens (tertiary/aromatic N) is 2. The average molecular weight is 492 g/mol. The maximum absolute atomic E-state index is 13.5. The number of aromatic nitrogens is 1. The maximum Gasteiger partial charge on any atom is 0.242 e. The van der Waals surface area contributed by atoms with Gasteiger partial charge >= 0.3 is 0 Å². The monoisotopic (exact) mass is 491 g/mol. The molecule has 35 heavy (non-hydrogen) atoms. The Bertz CT molecular complexity index is 1250. The van der Waals surface area contributed by atoms with Crippen molar-refractivity contribution in [2.75, 3.05) is 19.6 Å². The normalized spacial score (nSPS) is 11.0. The molecule has 2 aromatic heterocycles. The zero-order valence-corrected chi connectivity index (χ0v) is 20.7. The molecule has 0 atom stereocenters. The molecule has 0 saturated heterocycles. The van der Waals surface area contributed by atoms with Crippen molar-refractivity contribution in [2.45, 2.75) is 32.7 Å². The molecule has 4 aromatic rings. The van der Waals surface area contributed by atoms with Gasteiger partial charge in [0.1, 0.15) is 5.82 Å². The number of nitrogens with one attached hydrogen (secondary N) is 1. The number of para-hydroxylation sites is 1. The maximum atomic E-state index is 13.5. The standard InChI is InChI=1S/C28H30FN3O2S/c1-2-14-31(27(33)17-24-6-5-16-35-24)20-28(34)32(19-21-9-11-23(29)12-10-21)15-13-22-18-30-26-8-4-3-7-25(22)26/h3-12,16,18,30H,2,13-15,17,19-20H2,1H3. The Morgan fingerprint density at radius 2 is 1.74 bits per heavy atom. The fourth-order valence-electron chi connectivity index (χ4n) is 4.20. The fraction of sp³-hybridized carbons (Fsp3) is 0.286. The summed E-state index contributed by atoms with van der Waals surface area (Å²) < 4.78 is 13.4. The van der Waals surface area contributed by atoms with Gasteiger partial charge in [-0.2, -0.15) is 0 Å². The molecule has 0 fully saturated rings. The number of benzene rings is 2. The SMILES string of the molecule is CCCN(CC(=O)N(CCc1c[nH]c2ccccc12)Cc1ccc(F)cc1)C(=O)Cc1cccs1. The zero-order valence-electron chi connectivity index (χ0n) is 19.9. The van der Waals surface area contributed by atoms with Crippen LogP contribution in [0.15, 0.2) is 72.2 Å². The van der Waals surface area contributed by atoms with Gasteiger partial charge in [0.05, 0.1) is 13.0 Å². The lowest BCUT2D eigenvalue weighted by molar-refractivity contribution is -0.140. The minimum atomic E-state index is -0.307. The number of carbonyl (C=O) groups is 2. The molecule has 0 bridgehead atoms. The van der Waals surface area contributed by atoms with Gasteiger partial charge in [0.2, 0.25) is 11.8 Å². The molecule has 0 aliphatic rings. The topological polar surface area (TPSA) is 56.4 Å². The number of aromatic amines is 1. The van der Waals surface area contributed by atoms with Gasteiger partial charge in [0.25, 0.3) is 0 Å². The van der Waals surface area contributed by atoms with Crippen LogP contribution in [0.1, 0.15) is 29.3 Å². The number of carbonyl (C=O) groups excluding carboxylic acids is 2. The Morgan fingerprint density at radius 1 is 0.943 bits per heavy atom. The molecule has 2 aromatic carbocycles. The van der Waals surface area contributed by atoms with Crippen molar-refractivity contribution in [3.8, 4) is 0 Å². The zero-order chi connectivity index (χ0) is 24.6. The van der Waals surface area contributed by atoms with Crippen molar-refractivity contribution in [2.24, 2.45) is 0 Å². The summed E-state index contributed by atoms with van der Waals surface area (Å²) in [6.07, 6.45) is 3.74. The van der Waals surface area contributed by atoms with Gasteiger partial charge in [-0.3, -0.25) is 9.59 Å². The molecule has 182 valence electrons. The predicted octanol–water partition coefficient (Wildman–Crippen LogP) is 5.42. The van der Waals surface area contributed by atoms with Crippen LogP contribution < -0.4 is 0 Å². The number of hydrogen-bond acceptors (Lipinski definition) is 3. The largest absolute Gasteiger partial charge is 0.361 e. The van der Waals surface area contributed by atoms with Crippen molar-refractivity contribution in [1.82, 2.24) is 14.8 Å². The highest BCUT2D eigenvalue weighted by Gasteiger charge is 2.22. The van der Waals surface area contributed by atoms with Gasteiger partial charge in [-0.25, -0.2) is 4.39 Å². The third-order valence-electron chi connectivity index (χ3n) is 6.04. The Labute approximate surface area is 209 Å². The van der Waals surface area contributed by atoms with Crippen LogP contribution >= 0.6 is 11.3 Å². The molecular weight excluding hydrogens is 461 g/mol. The summed E-state index contributed by atoms with van der Waals surface area (Å²) in [4.78, 5) is 34.2. The number of hydrogen-bond donors (Lipinski definition) is 1. The molecule has 2 heterocycles. The first-order valence-electron chi connectivity index (χ1n) is 11.9. The van der Waals surface area contributed by atoms with Crippen molar-refractivity contribution in [3.05, 3.63) is 94.1 Å². The highest BCUT2D eigenvalue weighted by atomic mass is 32.1. The Hall–Kier alpha value is -3.45. The smallest absolute Gasteiger partial charge is 0.242 e. The van der Waals surface area contributed by atoms with Crippen LogP contribution in [0.4, 0.5) is 4.39 Å². The lowest BCUT2D eigenvalue weighted by Crippen LogP contribution is -2.44. The molecule has 0 unspecified atom stereocenters. The molecule has 0 spiro atoms. The molecule has 0 aliphatic heterocycles. The first kappa shape index (κ1) is 24.7. The fourth-order valence-corrected chi connectivity index (χ4v) is 4.89. The van der Waals surface area contributed by atoms with E-state index in [9.17, 15) is 14.0 Å². The van der Waals surface area contributed by atoms with Crippen LogP contribution in [0.25, 0.3) is 10.9 Å².